The maximum Gasteiger partial charge on any atom is 0.259 e. The van der Waals surface area contributed by atoms with E-state index in [0.29, 0.717) is 24.7 Å². The average molecular weight is 447 g/mol. The van der Waals surface area contributed by atoms with Gasteiger partial charge in [0.1, 0.15) is 6.54 Å². The molecule has 1 unspecified atom stereocenters. The fraction of sp³-hybridized carbons (Fsp3) is 0.500. The van der Waals surface area contributed by atoms with Gasteiger partial charge in [-0.15, -0.1) is 0 Å². The van der Waals surface area contributed by atoms with Crippen LogP contribution in [0.25, 0.3) is 0 Å². The number of nitrogens with zero attached hydrogens (tertiary/aromatic N) is 3. The Bertz CT molecular complexity index is 982. The second-order valence-corrected chi connectivity index (χ2v) is 10.4. The molecule has 0 radical (unpaired) electrons. The van der Waals surface area contributed by atoms with Crippen molar-refractivity contribution in [1.82, 2.24) is 4.90 Å². The molecule has 1 aliphatic heterocycles. The summed E-state index contributed by atoms with van der Waals surface area (Å²) in [5.74, 6) is -0.120. The van der Waals surface area contributed by atoms with Crippen LogP contribution < -0.4 is 0 Å². The van der Waals surface area contributed by atoms with Crippen LogP contribution in [0.2, 0.25) is 0 Å². The molecule has 1 atom stereocenters. The van der Waals surface area contributed by atoms with Gasteiger partial charge in [0.2, 0.25) is 0 Å². The molecule has 33 heavy (non-hydrogen) atoms. The summed E-state index contributed by atoms with van der Waals surface area (Å²) in [4.78, 5) is 15.7. The first-order valence-electron chi connectivity index (χ1n) is 12.2. The highest BCUT2D eigenvalue weighted by Crippen LogP contribution is 2.42. The smallest absolute Gasteiger partial charge is 0.259 e. The van der Waals surface area contributed by atoms with Crippen LogP contribution in [-0.2, 0) is 16.9 Å². The number of aliphatic hydroxyl groups is 1. The van der Waals surface area contributed by atoms with E-state index >= 15 is 0 Å². The normalized spacial score (nSPS) is 19.8. The van der Waals surface area contributed by atoms with Gasteiger partial charge in [-0.1, -0.05) is 55.3 Å². The summed E-state index contributed by atoms with van der Waals surface area (Å²) in [5.41, 5.74) is 1.22. The molecule has 1 saturated heterocycles. The maximum atomic E-state index is 13.8. The molecule has 1 heterocycles. The van der Waals surface area contributed by atoms with E-state index in [9.17, 15) is 9.90 Å². The van der Waals surface area contributed by atoms with Gasteiger partial charge in [0, 0.05) is 37.4 Å². The van der Waals surface area contributed by atoms with Crippen molar-refractivity contribution in [2.24, 2.45) is 5.92 Å². The van der Waals surface area contributed by atoms with E-state index in [2.05, 4.69) is 20.2 Å². The summed E-state index contributed by atoms with van der Waals surface area (Å²) >= 11 is 0. The zero-order valence-corrected chi connectivity index (χ0v) is 19.9. The lowest BCUT2D eigenvalue weighted by molar-refractivity contribution is -0.929. The second kappa shape index (κ2) is 9.67. The lowest BCUT2D eigenvalue weighted by Gasteiger charge is -2.45. The van der Waals surface area contributed by atoms with Gasteiger partial charge < -0.3 is 14.5 Å². The monoisotopic (exact) mass is 446 g/mol. The fourth-order valence-corrected chi connectivity index (χ4v) is 5.86. The SMILES string of the molecule is C[N+](C)(Cc1ccc(C#N)cc1)C1CCN(C(=O)C(O)(c2ccccc2)C2CCCC2)CC1. The maximum absolute atomic E-state index is 13.8. The summed E-state index contributed by atoms with van der Waals surface area (Å²) in [6.07, 6.45) is 5.81. The molecule has 174 valence electrons. The minimum absolute atomic E-state index is 0.00581. The molecule has 0 bridgehead atoms. The van der Waals surface area contributed by atoms with E-state index < -0.39 is 5.60 Å². The molecular weight excluding hydrogens is 410 g/mol. The third kappa shape index (κ3) is 4.83. The standard InChI is InChI=1S/C28H36N3O2/c1-31(2,21-23-14-12-22(20-29)13-15-23)26-16-18-30(19-17-26)27(32)28(33,25-10-6-7-11-25)24-8-4-3-5-9-24/h3-5,8-9,12-15,25-26,33H,6-7,10-11,16-19,21H2,1-2H3/q+1. The molecule has 5 nitrogen and oxygen atoms in total. The van der Waals surface area contributed by atoms with Crippen LogP contribution in [0.3, 0.4) is 0 Å². The Morgan fingerprint density at radius 3 is 2.21 bits per heavy atom. The molecule has 4 rings (SSSR count). The van der Waals surface area contributed by atoms with E-state index in [1.807, 2.05) is 59.5 Å². The molecule has 0 spiro atoms. The van der Waals surface area contributed by atoms with Crippen molar-refractivity contribution < 1.29 is 14.4 Å². The Hall–Kier alpha value is -2.68. The Morgan fingerprint density at radius 1 is 1.03 bits per heavy atom. The number of hydrogen-bond acceptors (Lipinski definition) is 3. The third-order valence-corrected chi connectivity index (χ3v) is 7.90. The number of nitriles is 1. The minimum atomic E-state index is -1.42. The van der Waals surface area contributed by atoms with Gasteiger partial charge >= 0.3 is 0 Å². The summed E-state index contributed by atoms with van der Waals surface area (Å²) in [6, 6.07) is 20.0. The van der Waals surface area contributed by atoms with Gasteiger partial charge in [-0.2, -0.15) is 5.26 Å². The molecule has 2 aromatic rings. The summed E-state index contributed by atoms with van der Waals surface area (Å²) in [5, 5.41) is 20.9. The average Bonchev–Trinajstić information content (AvgIpc) is 3.40. The second-order valence-electron chi connectivity index (χ2n) is 10.4. The molecule has 1 N–H and O–H groups in total. The number of benzene rings is 2. The number of amides is 1. The predicted octanol–water partition coefficient (Wildman–Crippen LogP) is 4.20. The van der Waals surface area contributed by atoms with E-state index in [4.69, 9.17) is 5.26 Å². The Balaban J connectivity index is 1.44. The van der Waals surface area contributed by atoms with Gasteiger partial charge in [0.15, 0.2) is 5.60 Å². The van der Waals surface area contributed by atoms with Crippen molar-refractivity contribution in [1.29, 1.82) is 5.26 Å². The predicted molar refractivity (Wildman–Crippen MR) is 129 cm³/mol. The molecule has 0 aromatic heterocycles. The van der Waals surface area contributed by atoms with E-state index in [0.717, 1.165) is 55.1 Å². The van der Waals surface area contributed by atoms with Crippen LogP contribution in [0.15, 0.2) is 54.6 Å². The van der Waals surface area contributed by atoms with Crippen LogP contribution in [0, 0.1) is 17.2 Å². The van der Waals surface area contributed by atoms with Crippen molar-refractivity contribution >= 4 is 5.91 Å². The molecule has 2 aliphatic rings. The van der Waals surface area contributed by atoms with Crippen LogP contribution in [0.1, 0.15) is 55.2 Å². The van der Waals surface area contributed by atoms with Crippen LogP contribution in [0.4, 0.5) is 0 Å². The molecule has 5 heteroatoms. The number of rotatable bonds is 6. The first kappa shape index (κ1) is 23.5. The topological polar surface area (TPSA) is 64.3 Å². The van der Waals surface area contributed by atoms with Crippen LogP contribution in [-0.4, -0.2) is 53.6 Å². The number of hydrogen-bond donors (Lipinski definition) is 1. The Labute approximate surface area is 197 Å². The highest BCUT2D eigenvalue weighted by atomic mass is 16.3. The van der Waals surface area contributed by atoms with Crippen molar-refractivity contribution in [3.05, 3.63) is 71.3 Å². The van der Waals surface area contributed by atoms with Crippen LogP contribution >= 0.6 is 0 Å². The number of carbonyl (C=O) groups is 1. The highest BCUT2D eigenvalue weighted by Gasteiger charge is 2.49. The first-order chi connectivity index (χ1) is 15.8. The third-order valence-electron chi connectivity index (χ3n) is 7.90. The summed E-state index contributed by atoms with van der Waals surface area (Å²) in [6.45, 7) is 2.25. The van der Waals surface area contributed by atoms with E-state index in [-0.39, 0.29) is 11.8 Å². The lowest BCUT2D eigenvalue weighted by atomic mass is 9.78. The zero-order valence-electron chi connectivity index (χ0n) is 19.9. The minimum Gasteiger partial charge on any atom is -0.375 e. The van der Waals surface area contributed by atoms with Crippen molar-refractivity contribution in [2.75, 3.05) is 27.2 Å². The van der Waals surface area contributed by atoms with E-state index in [1.54, 1.807) is 0 Å². The molecule has 2 fully saturated rings. The Kier molecular flexibility index (Phi) is 6.88. The zero-order chi connectivity index (χ0) is 23.5. The van der Waals surface area contributed by atoms with Crippen LogP contribution in [0.5, 0.6) is 0 Å². The van der Waals surface area contributed by atoms with Gasteiger partial charge in [0.25, 0.3) is 5.91 Å². The Morgan fingerprint density at radius 2 is 1.64 bits per heavy atom. The van der Waals surface area contributed by atoms with Crippen molar-refractivity contribution in [2.45, 2.75) is 56.7 Å². The largest absolute Gasteiger partial charge is 0.375 e. The first-order valence-corrected chi connectivity index (χ1v) is 12.2. The quantitative estimate of drug-likeness (QED) is 0.677. The van der Waals surface area contributed by atoms with Gasteiger partial charge in [-0.05, 0) is 30.5 Å². The molecule has 1 aliphatic carbocycles. The number of piperidine rings is 1. The van der Waals surface area contributed by atoms with E-state index in [1.165, 1.54) is 5.56 Å². The number of quaternary nitrogens is 1. The number of carbonyl (C=O) groups excluding carboxylic acids is 1. The van der Waals surface area contributed by atoms with Crippen molar-refractivity contribution in [3.63, 3.8) is 0 Å². The molecule has 2 aromatic carbocycles. The summed E-state index contributed by atoms with van der Waals surface area (Å²) in [7, 11) is 4.50. The number of likely N-dealkylation sites (tertiary alicyclic amines) is 1. The van der Waals surface area contributed by atoms with Gasteiger partial charge in [-0.3, -0.25) is 4.79 Å². The molecular formula is C28H36N3O2+. The molecule has 1 amide bonds. The fourth-order valence-electron chi connectivity index (χ4n) is 5.86. The van der Waals surface area contributed by atoms with Crippen molar-refractivity contribution in [3.8, 4) is 6.07 Å². The summed E-state index contributed by atoms with van der Waals surface area (Å²) < 4.78 is 0.847. The molecule has 1 saturated carbocycles. The lowest BCUT2D eigenvalue weighted by Crippen LogP contribution is -2.57. The van der Waals surface area contributed by atoms with Gasteiger partial charge in [-0.25, -0.2) is 0 Å². The highest BCUT2D eigenvalue weighted by molar-refractivity contribution is 5.87. The van der Waals surface area contributed by atoms with Gasteiger partial charge in [0.05, 0.1) is 31.8 Å².